The van der Waals surface area contributed by atoms with Crippen molar-refractivity contribution in [2.75, 3.05) is 0 Å². The minimum absolute atomic E-state index is 0.123. The highest BCUT2D eigenvalue weighted by molar-refractivity contribution is 5.73. The van der Waals surface area contributed by atoms with E-state index in [1.807, 2.05) is 0 Å². The van der Waals surface area contributed by atoms with Crippen LogP contribution in [0.2, 0.25) is 0 Å². The number of carboxylic acid groups (broad SMARTS) is 1. The maximum Gasteiger partial charge on any atom is 0.325 e. The molecular formula is C9H11N7O4. The number of carbonyl (C=O) groups is 2. The van der Waals surface area contributed by atoms with Gasteiger partial charge in [0.25, 0.3) is 0 Å². The number of urea groups is 1. The summed E-state index contributed by atoms with van der Waals surface area (Å²) in [6, 6.07) is -0.442. The predicted molar refractivity (Wildman–Crippen MR) is 61.0 cm³/mol. The number of amides is 2. The van der Waals surface area contributed by atoms with E-state index >= 15 is 0 Å². The molecule has 3 N–H and O–H groups in total. The normalized spacial score (nSPS) is 10.2. The summed E-state index contributed by atoms with van der Waals surface area (Å²) >= 11 is 0. The van der Waals surface area contributed by atoms with Crippen LogP contribution in [-0.2, 0) is 24.4 Å². The summed E-state index contributed by atoms with van der Waals surface area (Å²) in [5.41, 5.74) is 0.445. The molecule has 0 aliphatic heterocycles. The van der Waals surface area contributed by atoms with Gasteiger partial charge < -0.3 is 20.3 Å². The van der Waals surface area contributed by atoms with Gasteiger partial charge in [0.1, 0.15) is 12.2 Å². The van der Waals surface area contributed by atoms with Crippen molar-refractivity contribution in [1.82, 2.24) is 35.8 Å². The highest BCUT2D eigenvalue weighted by atomic mass is 16.5. The van der Waals surface area contributed by atoms with Gasteiger partial charge in [0.2, 0.25) is 6.39 Å². The molecule has 0 saturated carbocycles. The van der Waals surface area contributed by atoms with E-state index in [1.165, 1.54) is 6.20 Å². The molecule has 2 aromatic rings. The van der Waals surface area contributed by atoms with Gasteiger partial charge in [0, 0.05) is 0 Å². The van der Waals surface area contributed by atoms with Crippen LogP contribution in [0.3, 0.4) is 0 Å². The molecule has 2 heterocycles. The van der Waals surface area contributed by atoms with Crippen molar-refractivity contribution in [2.45, 2.75) is 19.6 Å². The third kappa shape index (κ3) is 4.04. The summed E-state index contributed by atoms with van der Waals surface area (Å²) in [7, 11) is 0. The number of rotatable bonds is 6. The first-order valence-corrected chi connectivity index (χ1v) is 5.51. The second-order valence-electron chi connectivity index (χ2n) is 3.68. The molecule has 2 amide bonds. The van der Waals surface area contributed by atoms with Gasteiger partial charge in [-0.05, 0) is 0 Å². The van der Waals surface area contributed by atoms with E-state index in [4.69, 9.17) is 5.11 Å². The van der Waals surface area contributed by atoms with Crippen molar-refractivity contribution in [3.05, 3.63) is 24.1 Å². The quantitative estimate of drug-likeness (QED) is 0.594. The van der Waals surface area contributed by atoms with Crippen molar-refractivity contribution < 1.29 is 19.2 Å². The Labute approximate surface area is 112 Å². The molecule has 0 aliphatic rings. The van der Waals surface area contributed by atoms with E-state index < -0.39 is 12.0 Å². The van der Waals surface area contributed by atoms with Gasteiger partial charge in [0.15, 0.2) is 5.82 Å². The monoisotopic (exact) mass is 281 g/mol. The molecule has 106 valence electrons. The van der Waals surface area contributed by atoms with Gasteiger partial charge >= 0.3 is 12.0 Å². The van der Waals surface area contributed by atoms with Gasteiger partial charge in [-0.2, -0.15) is 4.98 Å². The predicted octanol–water partition coefficient (Wildman–Crippen LogP) is -1.25. The van der Waals surface area contributed by atoms with E-state index in [1.54, 1.807) is 0 Å². The summed E-state index contributed by atoms with van der Waals surface area (Å²) in [5.74, 6) is -0.667. The molecule has 0 radical (unpaired) electrons. The number of aliphatic carboxylic acids is 1. The molecule has 2 rings (SSSR count). The van der Waals surface area contributed by atoms with E-state index in [9.17, 15) is 9.59 Å². The zero-order chi connectivity index (χ0) is 14.4. The molecule has 0 atom stereocenters. The lowest BCUT2D eigenvalue weighted by Gasteiger charge is -2.03. The Balaban J connectivity index is 1.72. The maximum atomic E-state index is 11.4. The molecule has 11 heteroatoms. The first-order chi connectivity index (χ1) is 9.63. The van der Waals surface area contributed by atoms with Crippen molar-refractivity contribution in [3.8, 4) is 0 Å². The summed E-state index contributed by atoms with van der Waals surface area (Å²) in [4.78, 5) is 25.6. The Morgan fingerprint density at radius 2 is 2.15 bits per heavy atom. The average Bonchev–Trinajstić information content (AvgIpc) is 3.04. The van der Waals surface area contributed by atoms with E-state index in [0.29, 0.717) is 11.5 Å². The molecule has 11 nitrogen and oxygen atoms in total. The van der Waals surface area contributed by atoms with Gasteiger partial charge in [-0.25, -0.2) is 9.48 Å². The number of nitrogens with one attached hydrogen (secondary N) is 2. The Kier molecular flexibility index (Phi) is 4.21. The summed E-state index contributed by atoms with van der Waals surface area (Å²) in [6.45, 7) is -0.0250. The van der Waals surface area contributed by atoms with Crippen molar-refractivity contribution >= 4 is 12.0 Å². The fourth-order valence-electron chi connectivity index (χ4n) is 1.30. The number of nitrogens with zero attached hydrogens (tertiary/aromatic N) is 5. The van der Waals surface area contributed by atoms with Crippen LogP contribution in [0, 0.1) is 0 Å². The zero-order valence-electron chi connectivity index (χ0n) is 10.2. The van der Waals surface area contributed by atoms with Crippen LogP contribution in [-0.4, -0.2) is 42.2 Å². The molecule has 0 unspecified atom stereocenters. The minimum Gasteiger partial charge on any atom is -0.480 e. The number of hydrogen-bond acceptors (Lipinski definition) is 7. The van der Waals surface area contributed by atoms with Crippen LogP contribution < -0.4 is 10.6 Å². The van der Waals surface area contributed by atoms with Gasteiger partial charge in [0.05, 0.1) is 19.3 Å². The van der Waals surface area contributed by atoms with Gasteiger partial charge in [-0.15, -0.1) is 5.10 Å². The molecule has 0 saturated heterocycles. The van der Waals surface area contributed by atoms with Crippen molar-refractivity contribution in [1.29, 1.82) is 0 Å². The third-order valence-corrected chi connectivity index (χ3v) is 2.13. The second kappa shape index (κ2) is 6.26. The van der Waals surface area contributed by atoms with Crippen LogP contribution in [0.4, 0.5) is 4.79 Å². The zero-order valence-corrected chi connectivity index (χ0v) is 10.2. The van der Waals surface area contributed by atoms with Crippen molar-refractivity contribution in [3.63, 3.8) is 0 Å². The summed E-state index contributed by atoms with van der Waals surface area (Å²) in [5, 5.41) is 24.5. The van der Waals surface area contributed by atoms with Crippen LogP contribution in [0.5, 0.6) is 0 Å². The topological polar surface area (TPSA) is 148 Å². The SMILES string of the molecule is O=C(O)Cn1cc(CNC(=O)NCc2ncon2)nn1. The largest absolute Gasteiger partial charge is 0.480 e. The fraction of sp³-hybridized carbons (Fsp3) is 0.333. The maximum absolute atomic E-state index is 11.4. The Hall–Kier alpha value is -2.98. The number of carboxylic acids is 1. The van der Waals surface area contributed by atoms with Crippen LogP contribution in [0.25, 0.3) is 0 Å². The fourth-order valence-corrected chi connectivity index (χ4v) is 1.30. The first-order valence-electron chi connectivity index (χ1n) is 5.51. The lowest BCUT2D eigenvalue weighted by atomic mass is 10.4. The van der Waals surface area contributed by atoms with Crippen LogP contribution in [0.1, 0.15) is 11.5 Å². The average molecular weight is 281 g/mol. The Morgan fingerprint density at radius 3 is 2.85 bits per heavy atom. The Morgan fingerprint density at radius 1 is 1.35 bits per heavy atom. The standard InChI is InChI=1S/C9H11N7O4/c17-8(18)4-16-3-6(13-15-16)1-10-9(19)11-2-7-12-5-20-14-7/h3,5H,1-2,4H2,(H,17,18)(H2,10,11,19). The number of aromatic nitrogens is 5. The molecule has 0 aliphatic carbocycles. The van der Waals surface area contributed by atoms with E-state index in [2.05, 4.69) is 35.6 Å². The molecule has 2 aromatic heterocycles. The highest BCUT2D eigenvalue weighted by Gasteiger charge is 2.07. The number of carbonyl (C=O) groups excluding carboxylic acids is 1. The molecule has 20 heavy (non-hydrogen) atoms. The van der Waals surface area contributed by atoms with Gasteiger partial charge in [-0.3, -0.25) is 4.79 Å². The minimum atomic E-state index is -1.02. The molecule has 0 fully saturated rings. The smallest absolute Gasteiger partial charge is 0.325 e. The van der Waals surface area contributed by atoms with Gasteiger partial charge in [-0.1, -0.05) is 10.4 Å². The second-order valence-corrected chi connectivity index (χ2v) is 3.68. The molecular weight excluding hydrogens is 270 g/mol. The van der Waals surface area contributed by atoms with E-state index in [-0.39, 0.29) is 19.6 Å². The molecule has 0 spiro atoms. The Bertz CT molecular complexity index is 579. The highest BCUT2D eigenvalue weighted by Crippen LogP contribution is 1.93. The van der Waals surface area contributed by atoms with Crippen LogP contribution >= 0.6 is 0 Å². The lowest BCUT2D eigenvalue weighted by molar-refractivity contribution is -0.137. The molecule has 0 aromatic carbocycles. The van der Waals surface area contributed by atoms with E-state index in [0.717, 1.165) is 11.1 Å². The lowest BCUT2D eigenvalue weighted by Crippen LogP contribution is -2.34. The number of hydrogen-bond donors (Lipinski definition) is 3. The first kappa shape index (κ1) is 13.5. The summed E-state index contributed by atoms with van der Waals surface area (Å²) < 4.78 is 5.67. The molecule has 0 bridgehead atoms. The van der Waals surface area contributed by atoms with Crippen molar-refractivity contribution in [2.24, 2.45) is 0 Å². The third-order valence-electron chi connectivity index (χ3n) is 2.13. The summed E-state index contributed by atoms with van der Waals surface area (Å²) in [6.07, 6.45) is 2.60. The van der Waals surface area contributed by atoms with Crippen LogP contribution in [0.15, 0.2) is 17.1 Å².